The van der Waals surface area contributed by atoms with Crippen LogP contribution in [0.3, 0.4) is 0 Å². The average Bonchev–Trinajstić information content (AvgIpc) is 4.17. The van der Waals surface area contributed by atoms with Crippen LogP contribution in [0.25, 0.3) is 32.7 Å². The van der Waals surface area contributed by atoms with Crippen molar-refractivity contribution < 1.29 is 74.7 Å². The number of hydrogen-bond acceptors (Lipinski definition) is 17. The Labute approximate surface area is 544 Å². The topological polar surface area (TPSA) is 326 Å². The number of nitrogen functional groups attached to an aromatic ring is 2. The molecular weight excluding hydrogens is 1260 g/mol. The van der Waals surface area contributed by atoms with Crippen molar-refractivity contribution in [2.75, 3.05) is 36.6 Å². The molecule has 0 saturated carbocycles. The van der Waals surface area contributed by atoms with Gasteiger partial charge in [0, 0.05) is 91.4 Å². The van der Waals surface area contributed by atoms with Gasteiger partial charge in [-0.15, -0.1) is 5.34 Å². The Bertz CT molecular complexity index is 3320. The largest absolute Gasteiger partial charge is 1.00 e. The number of nitrogens with zero attached hydrogens (tertiary/aromatic N) is 9. The van der Waals surface area contributed by atoms with Gasteiger partial charge >= 0.3 is 29.6 Å². The molecule has 7 aromatic rings. The molecule has 0 radical (unpaired) electrons. The first-order valence-corrected chi connectivity index (χ1v) is 36.8. The number of nitrogens with one attached hydrogen (secondary N) is 1. The zero-order chi connectivity index (χ0) is 63.8. The molecule has 0 atom stereocenters. The van der Waals surface area contributed by atoms with Gasteiger partial charge in [0.05, 0.1) is 76.2 Å². The van der Waals surface area contributed by atoms with Gasteiger partial charge in [0.2, 0.25) is 0 Å². The summed E-state index contributed by atoms with van der Waals surface area (Å²) in [5.41, 5.74) is 19.6. The van der Waals surface area contributed by atoms with E-state index in [1.54, 1.807) is 56.0 Å². The van der Waals surface area contributed by atoms with Gasteiger partial charge in [-0.25, -0.2) is 0 Å². The fraction of sp³-hybridized carbons (Fsp3) is 0.518. The van der Waals surface area contributed by atoms with Crippen molar-refractivity contribution in [3.63, 3.8) is 0 Å². The maximum atomic E-state index is 11.1. The first kappa shape index (κ1) is 80.0. The van der Waals surface area contributed by atoms with Crippen molar-refractivity contribution in [1.29, 1.82) is 0 Å². The Morgan fingerprint density at radius 1 is 0.553 bits per heavy atom. The third-order valence-corrected chi connectivity index (χ3v) is 29.3. The predicted molar refractivity (Wildman–Crippen MR) is 347 cm³/mol. The van der Waals surface area contributed by atoms with Gasteiger partial charge in [0.1, 0.15) is 0 Å². The maximum absolute atomic E-state index is 11.1. The fourth-order valence-electron chi connectivity index (χ4n) is 7.10. The van der Waals surface area contributed by atoms with Crippen LogP contribution in [0.1, 0.15) is 90.1 Å². The number of halogens is 1. The Morgan fingerprint density at radius 3 is 1.28 bits per heavy atom. The summed E-state index contributed by atoms with van der Waals surface area (Å²) >= 11 is 3.37. The number of anilines is 2. The van der Waals surface area contributed by atoms with Gasteiger partial charge in [-0.2, -0.15) is 15.3 Å². The van der Waals surface area contributed by atoms with Gasteiger partial charge in [0.25, 0.3) is 17.1 Å². The zero-order valence-corrected chi connectivity index (χ0v) is 61.2. The minimum atomic E-state index is -1.79. The number of hydrogen-bond donors (Lipinski definition) is 3. The monoisotopic (exact) mass is 1350 g/mol. The maximum Gasteiger partial charge on any atom is 1.00 e. The summed E-state index contributed by atoms with van der Waals surface area (Å²) in [6, 6.07) is 13.9. The van der Waals surface area contributed by atoms with Crippen LogP contribution in [-0.2, 0) is 43.4 Å². The molecular formula is C56H88BrFeN12NaO11Si3. The number of nitro benzene ring substituents is 3. The quantitative estimate of drug-likeness (QED) is 0.0227. The van der Waals surface area contributed by atoms with E-state index in [-0.39, 0.29) is 78.7 Å². The summed E-state index contributed by atoms with van der Waals surface area (Å²) in [5.74, 6) is 0. The van der Waals surface area contributed by atoms with Crippen LogP contribution in [0.15, 0.2) is 72.5 Å². The molecule has 0 bridgehead atoms. The summed E-state index contributed by atoms with van der Waals surface area (Å²) in [5, 5.41) is 61.0. The van der Waals surface area contributed by atoms with Crippen molar-refractivity contribution >= 4 is 102 Å². The van der Waals surface area contributed by atoms with E-state index < -0.39 is 34.8 Å². The first-order valence-electron chi connectivity index (χ1n) is 26.9. The molecule has 23 nitrogen and oxygen atoms in total. The van der Waals surface area contributed by atoms with Crippen molar-refractivity contribution in [1.82, 2.24) is 29.8 Å². The molecule has 0 amide bonds. The van der Waals surface area contributed by atoms with Crippen molar-refractivity contribution in [3.05, 3.63) is 135 Å². The molecule has 0 unspecified atom stereocenters. The third kappa shape index (κ3) is 23.6. The molecule has 0 aliphatic heterocycles. The third-order valence-electron chi connectivity index (χ3n) is 15.4. The van der Waals surface area contributed by atoms with Crippen molar-refractivity contribution in [2.24, 2.45) is 5.34 Å². The van der Waals surface area contributed by atoms with Gasteiger partial charge < -0.3 is 34.9 Å². The van der Waals surface area contributed by atoms with Crippen LogP contribution in [-0.4, -0.2) is 94.6 Å². The van der Waals surface area contributed by atoms with E-state index in [1.165, 1.54) is 12.1 Å². The average molecular weight is 1350 g/mol. The molecule has 5 N–H and O–H groups in total. The number of aromatic amines is 1. The molecule has 3 heterocycles. The molecule has 0 aliphatic rings. The molecule has 0 saturated heterocycles. The number of nitrogens with two attached hydrogens (primary N) is 2. The molecule has 0 aliphatic carbocycles. The normalized spacial score (nSPS) is 11.6. The van der Waals surface area contributed by atoms with Crippen LogP contribution in [0.5, 0.6) is 0 Å². The number of aryl methyl sites for hydroxylation is 5. The Hall–Kier alpha value is -4.98. The van der Waals surface area contributed by atoms with Gasteiger partial charge in [-0.1, -0.05) is 78.2 Å². The molecule has 3 aromatic heterocycles. The molecule has 0 spiro atoms. The standard InChI is InChI=1S/C16H25N3O3Si.C16H27N3OSi.C8H19BrOSi.C8H7N3O2.C8H10N2O2.Fe.HNO2.Na/c1-12-9-13-11-17-18(15(13)10-14(12)19(20)21)7-8-22-23(5,6)16(2,3)4;1-12-9-13-11-18-19(15(13)10-14(12)17)7-8-20-21(5,6)16(2,3)4;1-8(2,3)11(4,5)10-7-6-9;1-5-2-6-4-9-10-7(6)3-8(5)11(12)13;1-5-3-6(2)8(10(11)12)4-7(5)9;;2-1-3;/h9-11H,7-8H2,1-6H3;9-11H,7-8,17H2,1-6H3;6-7H2,1-5H3;2-4H,1H3,(H,9,10);3-4H,9H2,1-2H3;;(H,2,3);/q;;;;;;;+1/p-1. The number of nitro groups is 3. The van der Waals surface area contributed by atoms with E-state index in [2.05, 4.69) is 144 Å². The van der Waals surface area contributed by atoms with Crippen LogP contribution < -0.4 is 41.0 Å². The van der Waals surface area contributed by atoms with Crippen molar-refractivity contribution in [2.45, 2.75) is 164 Å². The summed E-state index contributed by atoms with van der Waals surface area (Å²) in [7, 11) is -4.94. The van der Waals surface area contributed by atoms with E-state index in [9.17, 15) is 30.3 Å². The van der Waals surface area contributed by atoms with Crippen LogP contribution in [0, 0.1) is 75.1 Å². The summed E-state index contributed by atoms with van der Waals surface area (Å²) in [6.45, 7) is 46.1. The number of H-pyrrole nitrogens is 1. The molecule has 85 heavy (non-hydrogen) atoms. The fourth-order valence-corrected chi connectivity index (χ4v) is 10.7. The minimum absolute atomic E-state index is 0. The molecule has 4 aromatic carbocycles. The van der Waals surface area contributed by atoms with Gasteiger partial charge in [-0.05, 0) is 130 Å². The van der Waals surface area contributed by atoms with E-state index in [1.807, 2.05) is 36.9 Å². The van der Waals surface area contributed by atoms with Crippen molar-refractivity contribution in [3.8, 4) is 0 Å². The first-order chi connectivity index (χ1) is 38.1. The van der Waals surface area contributed by atoms with E-state index in [0.29, 0.717) is 52.7 Å². The number of fused-ring (bicyclic) bond motifs is 3. The minimum Gasteiger partial charge on any atom is -0.444 e. The summed E-state index contributed by atoms with van der Waals surface area (Å²) < 4.78 is 22.0. The van der Waals surface area contributed by atoms with Crippen LogP contribution in [0.2, 0.25) is 54.4 Å². The van der Waals surface area contributed by atoms with E-state index in [0.717, 1.165) is 67.8 Å². The Morgan fingerprint density at radius 2 is 0.882 bits per heavy atom. The summed E-state index contributed by atoms with van der Waals surface area (Å²) in [6.07, 6.45) is 5.29. The second-order valence-corrected chi connectivity index (χ2v) is 39.9. The second-order valence-electron chi connectivity index (χ2n) is 24.7. The zero-order valence-electron chi connectivity index (χ0n) is 53.5. The molecule has 29 heteroatoms. The van der Waals surface area contributed by atoms with Gasteiger partial charge in [0.15, 0.2) is 25.0 Å². The number of alkyl halides is 1. The smallest absolute Gasteiger partial charge is 0.444 e. The van der Waals surface area contributed by atoms with Crippen LogP contribution in [0.4, 0.5) is 28.4 Å². The number of rotatable bonds is 14. The number of benzene rings is 4. The van der Waals surface area contributed by atoms with E-state index >= 15 is 0 Å². The molecule has 7 rings (SSSR count). The van der Waals surface area contributed by atoms with E-state index in [4.69, 9.17) is 34.9 Å². The SMILES string of the molecule is CC(C)(C)[Si](C)(C)OCCBr.Cc1cc(C)c([N+](=O)[O-])cc1N.Cc1cc2cn[nH]c2cc1[N+](=O)[O-].Cc1cc2cnn(CCO[Si](C)(C)C(C)(C)C)c2cc1N.Cc1cc2cnn(CCO[Si](C)(C)C(C)(C)C)c2cc1[N+](=O)[O-].O=N[O-].[Fe].[Na+]. The Balaban J connectivity index is 0.00000105. The molecule has 0 fully saturated rings. The summed E-state index contributed by atoms with van der Waals surface area (Å²) in [4.78, 5) is 38.9. The molecule has 466 valence electrons. The second kappa shape index (κ2) is 34.0. The predicted octanol–water partition coefficient (Wildman–Crippen LogP) is 12.5. The van der Waals surface area contributed by atoms with Gasteiger partial charge in [-0.3, -0.25) is 44.8 Å². The Kier molecular flexibility index (Phi) is 32.0. The number of aromatic nitrogens is 6. The van der Waals surface area contributed by atoms with Crippen LogP contribution >= 0.6 is 15.9 Å².